The summed E-state index contributed by atoms with van der Waals surface area (Å²) in [6, 6.07) is 4.17. The Labute approximate surface area is 266 Å². The van der Waals surface area contributed by atoms with Gasteiger partial charge in [-0.25, -0.2) is 18.5 Å². The summed E-state index contributed by atoms with van der Waals surface area (Å²) in [7, 11) is -1.60. The van der Waals surface area contributed by atoms with Crippen LogP contribution in [0, 0.1) is 12.4 Å². The van der Waals surface area contributed by atoms with E-state index in [1.807, 2.05) is 0 Å². The van der Waals surface area contributed by atoms with Gasteiger partial charge in [0.2, 0.25) is 5.60 Å². The van der Waals surface area contributed by atoms with E-state index in [0.717, 1.165) is 31.5 Å². The van der Waals surface area contributed by atoms with Gasteiger partial charge in [0.15, 0.2) is 11.7 Å². The number of nitrogens with zero attached hydrogens (tertiary/aromatic N) is 5. The SMILES string of the molecule is [C-]#[N+]c1cnc(/C(F)=C/c2ccc(F)c([C@]3(C)CO[C@@](C)(C(F)(F)F)C(N(COCC[Si](C)(C)C)C(=O)OC(C)(C)C)=N3)c2)cn1. The second-order valence-electron chi connectivity index (χ2n) is 13.4. The molecule has 2 heterocycles. The Morgan fingerprint density at radius 1 is 1.17 bits per heavy atom. The molecule has 250 valence electrons. The van der Waals surface area contributed by atoms with E-state index in [0.29, 0.717) is 10.9 Å². The first-order valence-corrected chi connectivity index (χ1v) is 18.1. The van der Waals surface area contributed by atoms with Crippen LogP contribution >= 0.6 is 0 Å². The monoisotopic (exact) mass is 667 g/mol. The summed E-state index contributed by atoms with van der Waals surface area (Å²) in [5.41, 5.74) is -6.25. The van der Waals surface area contributed by atoms with Crippen molar-refractivity contribution >= 4 is 37.7 Å². The molecule has 46 heavy (non-hydrogen) atoms. The molecule has 1 aromatic carbocycles. The van der Waals surface area contributed by atoms with Crippen LogP contribution in [-0.2, 0) is 19.7 Å². The molecule has 0 bridgehead atoms. The van der Waals surface area contributed by atoms with Crippen molar-refractivity contribution in [2.24, 2.45) is 4.99 Å². The van der Waals surface area contributed by atoms with Gasteiger partial charge in [-0.1, -0.05) is 32.3 Å². The molecular formula is C31H38F5N5O4Si. The number of aliphatic imine (C=N–C) groups is 1. The zero-order valence-corrected chi connectivity index (χ0v) is 28.1. The van der Waals surface area contributed by atoms with Crippen molar-refractivity contribution in [3.05, 3.63) is 64.6 Å². The molecule has 2 atom stereocenters. The predicted molar refractivity (Wildman–Crippen MR) is 166 cm³/mol. The van der Waals surface area contributed by atoms with Crippen LogP contribution < -0.4 is 0 Å². The number of ether oxygens (including phenoxy) is 3. The fraction of sp³-hybridized carbons (Fsp3) is 0.516. The third kappa shape index (κ3) is 8.95. The van der Waals surface area contributed by atoms with Crippen molar-refractivity contribution in [1.29, 1.82) is 0 Å². The van der Waals surface area contributed by atoms with Crippen LogP contribution in [0.25, 0.3) is 16.7 Å². The number of carbonyl (C=O) groups excluding carboxylic acids is 1. The van der Waals surface area contributed by atoms with E-state index in [4.69, 9.17) is 20.8 Å². The molecule has 0 saturated heterocycles. The molecule has 0 fully saturated rings. The lowest BCUT2D eigenvalue weighted by Crippen LogP contribution is -2.63. The van der Waals surface area contributed by atoms with E-state index in [1.54, 1.807) is 20.8 Å². The summed E-state index contributed by atoms with van der Waals surface area (Å²) in [5.74, 6) is -2.62. The Morgan fingerprint density at radius 2 is 1.85 bits per heavy atom. The maximum atomic E-state index is 15.4. The quantitative estimate of drug-likeness (QED) is 0.0928. The number of benzene rings is 1. The molecule has 0 radical (unpaired) electrons. The summed E-state index contributed by atoms with van der Waals surface area (Å²) in [6.07, 6.45) is -3.04. The molecule has 1 aromatic heterocycles. The van der Waals surface area contributed by atoms with Crippen molar-refractivity contribution in [3.63, 3.8) is 0 Å². The fourth-order valence-electron chi connectivity index (χ4n) is 4.21. The first-order chi connectivity index (χ1) is 21.1. The first kappa shape index (κ1) is 36.7. The van der Waals surface area contributed by atoms with Gasteiger partial charge in [-0.2, -0.15) is 13.2 Å². The van der Waals surface area contributed by atoms with Crippen molar-refractivity contribution < 1.29 is 41.0 Å². The number of aromatic nitrogens is 2. The third-order valence-electron chi connectivity index (χ3n) is 6.91. The molecule has 0 unspecified atom stereocenters. The van der Waals surface area contributed by atoms with Crippen molar-refractivity contribution in [1.82, 2.24) is 14.9 Å². The molecule has 3 rings (SSSR count). The minimum Gasteiger partial charge on any atom is -0.443 e. The van der Waals surface area contributed by atoms with Gasteiger partial charge in [0.25, 0.3) is 5.82 Å². The summed E-state index contributed by atoms with van der Waals surface area (Å²) in [4.78, 5) is 29.1. The largest absolute Gasteiger partial charge is 0.443 e. The van der Waals surface area contributed by atoms with Crippen LogP contribution in [0.2, 0.25) is 25.7 Å². The molecule has 0 aliphatic carbocycles. The lowest BCUT2D eigenvalue weighted by Gasteiger charge is -2.45. The minimum absolute atomic E-state index is 0.0350. The molecule has 9 nitrogen and oxygen atoms in total. The Balaban J connectivity index is 2.13. The number of halogens is 5. The standard InChI is InChI=1S/C31H38F5N5O4Si/c1-28(2,3)45-27(42)41(19-43-12-13-46(7,8)9)26-30(5,31(34,35)36)44-18-29(4,40-26)21-14-20(10-11-22(21)32)15-23(33)24-16-39-25(37-6)17-38-24/h10-11,14-17H,12-13,18-19H2,1-5,7-9H3/b23-15-/t29-,30+/m0/s1. The third-order valence-corrected chi connectivity index (χ3v) is 8.61. The molecule has 2 aromatic rings. The molecular weight excluding hydrogens is 629 g/mol. The zero-order chi connectivity index (χ0) is 34.7. The smallest absolute Gasteiger partial charge is 0.424 e. The van der Waals surface area contributed by atoms with Gasteiger partial charge >= 0.3 is 12.3 Å². The molecule has 15 heteroatoms. The summed E-state index contributed by atoms with van der Waals surface area (Å²) in [6.45, 7) is 18.8. The summed E-state index contributed by atoms with van der Waals surface area (Å²) < 4.78 is 91.0. The van der Waals surface area contributed by atoms with E-state index in [9.17, 15) is 18.0 Å². The van der Waals surface area contributed by atoms with Crippen LogP contribution in [-0.4, -0.2) is 72.2 Å². The number of hydrogen-bond donors (Lipinski definition) is 0. The Morgan fingerprint density at radius 3 is 2.39 bits per heavy atom. The molecule has 1 aliphatic heterocycles. The highest BCUT2D eigenvalue weighted by molar-refractivity contribution is 6.76. The fourth-order valence-corrected chi connectivity index (χ4v) is 4.96. The minimum atomic E-state index is -5.05. The highest BCUT2D eigenvalue weighted by atomic mass is 28.3. The number of rotatable bonds is 8. The van der Waals surface area contributed by atoms with Crippen LogP contribution in [0.15, 0.2) is 35.6 Å². The van der Waals surface area contributed by atoms with Crippen molar-refractivity contribution in [3.8, 4) is 0 Å². The van der Waals surface area contributed by atoms with Gasteiger partial charge in [-0.05, 0) is 64.4 Å². The van der Waals surface area contributed by atoms with E-state index >= 15 is 8.78 Å². The second kappa shape index (κ2) is 13.5. The second-order valence-corrected chi connectivity index (χ2v) is 19.0. The average molecular weight is 668 g/mol. The normalized spacial score (nSPS) is 21.0. The number of hydrogen-bond acceptors (Lipinski definition) is 7. The lowest BCUT2D eigenvalue weighted by atomic mass is 9.88. The summed E-state index contributed by atoms with van der Waals surface area (Å²) >= 11 is 0. The highest BCUT2D eigenvalue weighted by Gasteiger charge is 2.62. The van der Waals surface area contributed by atoms with Crippen LogP contribution in [0.5, 0.6) is 0 Å². The van der Waals surface area contributed by atoms with Crippen LogP contribution in [0.1, 0.15) is 51.4 Å². The first-order valence-electron chi connectivity index (χ1n) is 14.3. The number of amides is 1. The van der Waals surface area contributed by atoms with Crippen molar-refractivity contribution in [2.75, 3.05) is 19.9 Å². The van der Waals surface area contributed by atoms with Gasteiger partial charge in [-0.3, -0.25) is 9.98 Å². The molecule has 0 saturated carbocycles. The molecule has 1 amide bonds. The van der Waals surface area contributed by atoms with Gasteiger partial charge in [-0.15, -0.1) is 4.98 Å². The number of carbonyl (C=O) groups is 1. The number of alkyl halides is 3. The van der Waals surface area contributed by atoms with Gasteiger partial charge in [0.1, 0.15) is 35.6 Å². The molecule has 0 N–H and O–H groups in total. The highest BCUT2D eigenvalue weighted by Crippen LogP contribution is 2.44. The topological polar surface area (TPSA) is 90.5 Å². The summed E-state index contributed by atoms with van der Waals surface area (Å²) in [5, 5.41) is 0. The maximum Gasteiger partial charge on any atom is 0.424 e. The Hall–Kier alpha value is -3.74. The zero-order valence-electron chi connectivity index (χ0n) is 27.1. The average Bonchev–Trinajstić information content (AvgIpc) is 2.93. The van der Waals surface area contributed by atoms with Crippen LogP contribution in [0.4, 0.5) is 32.6 Å². The molecule has 0 spiro atoms. The Bertz CT molecular complexity index is 1530. The van der Waals surface area contributed by atoms with Gasteiger partial charge in [0.05, 0.1) is 12.8 Å². The predicted octanol–water partition coefficient (Wildman–Crippen LogP) is 8.15. The Kier molecular flexibility index (Phi) is 10.8. The van der Waals surface area contributed by atoms with Crippen molar-refractivity contribution in [2.45, 2.75) is 83.2 Å². The molecule has 1 aliphatic rings. The van der Waals surface area contributed by atoms with Gasteiger partial charge < -0.3 is 19.1 Å². The lowest BCUT2D eigenvalue weighted by molar-refractivity contribution is -0.252. The maximum absolute atomic E-state index is 15.4. The van der Waals surface area contributed by atoms with E-state index in [1.165, 1.54) is 19.1 Å². The van der Waals surface area contributed by atoms with E-state index < -0.39 is 67.9 Å². The van der Waals surface area contributed by atoms with E-state index in [-0.39, 0.29) is 29.2 Å². The van der Waals surface area contributed by atoms with E-state index in [2.05, 4.69) is 39.4 Å². The van der Waals surface area contributed by atoms with Crippen LogP contribution in [0.3, 0.4) is 0 Å². The van der Waals surface area contributed by atoms with Gasteiger partial charge in [0, 0.05) is 20.2 Å². The number of amidine groups is 1.